The molecule has 0 fully saturated rings. The molecule has 0 aromatic heterocycles. The molecule has 1 atom stereocenters. The van der Waals surface area contributed by atoms with Gasteiger partial charge in [-0.2, -0.15) is 0 Å². The number of benzene rings is 1. The van der Waals surface area contributed by atoms with Gasteiger partial charge in [0, 0.05) is 5.56 Å². The van der Waals surface area contributed by atoms with E-state index in [2.05, 4.69) is 37.8 Å². The van der Waals surface area contributed by atoms with Crippen molar-refractivity contribution < 1.29 is 4.43 Å². The molecule has 74 valence electrons. The average molecular weight is 204 g/mol. The van der Waals surface area contributed by atoms with E-state index in [1.165, 1.54) is 11.1 Å². The molecule has 1 rings (SSSR count). The molecule has 0 radical (unpaired) electrons. The summed E-state index contributed by atoms with van der Waals surface area (Å²) in [6, 6.07) is 6.20. The second-order valence-corrected chi connectivity index (χ2v) is 3.87. The van der Waals surface area contributed by atoms with E-state index < -0.39 is 0 Å². The fourth-order valence-electron chi connectivity index (χ4n) is 1.12. The largest absolute Gasteiger partial charge is 0.415 e. The number of hydrogen-bond donors (Lipinski definition) is 0. The van der Waals surface area contributed by atoms with Gasteiger partial charge in [-0.15, -0.1) is 0 Å². The second-order valence-electron chi connectivity index (χ2n) is 3.39. The Labute approximate surface area is 89.0 Å². The third-order valence-electron chi connectivity index (χ3n) is 2.37. The molecule has 0 amide bonds. The maximum Gasteiger partial charge on any atom is 0.147 e. The van der Waals surface area contributed by atoms with Gasteiger partial charge in [-0.05, 0) is 38.0 Å². The van der Waals surface area contributed by atoms with Crippen LogP contribution in [0, 0.1) is 25.7 Å². The predicted molar refractivity (Wildman–Crippen MR) is 63.3 cm³/mol. The van der Waals surface area contributed by atoms with Crippen LogP contribution in [0.1, 0.15) is 23.6 Å². The zero-order valence-electron chi connectivity index (χ0n) is 9.22. The zero-order valence-corrected chi connectivity index (χ0v) is 11.2. The van der Waals surface area contributed by atoms with Crippen molar-refractivity contribution >= 4 is 10.5 Å². The smallest absolute Gasteiger partial charge is 0.147 e. The summed E-state index contributed by atoms with van der Waals surface area (Å²) in [6.45, 7) is 6.18. The second kappa shape index (κ2) is 4.99. The lowest BCUT2D eigenvalue weighted by Gasteiger charge is -2.02. The molecule has 1 unspecified atom stereocenters. The van der Waals surface area contributed by atoms with Crippen LogP contribution in [0.2, 0.25) is 0 Å². The molecular weight excluding hydrogens is 188 g/mol. The number of rotatable bonds is 1. The van der Waals surface area contributed by atoms with Crippen LogP contribution in [-0.2, 0) is 4.43 Å². The molecule has 1 nitrogen and oxygen atoms in total. The molecule has 0 heterocycles. The van der Waals surface area contributed by atoms with Gasteiger partial charge < -0.3 is 4.43 Å². The summed E-state index contributed by atoms with van der Waals surface area (Å²) < 4.78 is 5.21. The van der Waals surface area contributed by atoms with Gasteiger partial charge in [0.1, 0.15) is 16.6 Å². The van der Waals surface area contributed by atoms with Crippen molar-refractivity contribution in [3.05, 3.63) is 34.9 Å². The molecule has 0 aliphatic rings. The normalized spacial score (nSPS) is 11.9. The molecule has 0 N–H and O–H groups in total. The fourth-order valence-corrected chi connectivity index (χ4v) is 1.24. The quantitative estimate of drug-likeness (QED) is 0.495. The van der Waals surface area contributed by atoms with Gasteiger partial charge >= 0.3 is 0 Å². The summed E-state index contributed by atoms with van der Waals surface area (Å²) in [5, 5.41) is 0. The number of aryl methyl sites for hydroxylation is 1. The van der Waals surface area contributed by atoms with Crippen LogP contribution in [0.5, 0.6) is 0 Å². The summed E-state index contributed by atoms with van der Waals surface area (Å²) >= 11 is 0. The maximum atomic E-state index is 5.21. The van der Waals surface area contributed by atoms with E-state index in [-0.39, 0.29) is 6.10 Å². The number of hydrogen-bond acceptors (Lipinski definition) is 1. The molecule has 0 bridgehead atoms. The van der Waals surface area contributed by atoms with Gasteiger partial charge in [0.15, 0.2) is 0 Å². The minimum Gasteiger partial charge on any atom is -0.415 e. The van der Waals surface area contributed by atoms with E-state index in [0.29, 0.717) is 0 Å². The highest BCUT2D eigenvalue weighted by Gasteiger charge is 1.97. The highest BCUT2D eigenvalue weighted by atomic mass is 28.2. The topological polar surface area (TPSA) is 9.23 Å². The van der Waals surface area contributed by atoms with E-state index in [1.54, 1.807) is 0 Å². The van der Waals surface area contributed by atoms with Gasteiger partial charge in [-0.3, -0.25) is 0 Å². The highest BCUT2D eigenvalue weighted by molar-refractivity contribution is 5.98. The first-order valence-corrected chi connectivity index (χ1v) is 5.57. The monoisotopic (exact) mass is 204 g/mol. The summed E-state index contributed by atoms with van der Waals surface area (Å²) in [5.74, 6) is 6.23. The molecule has 0 spiro atoms. The van der Waals surface area contributed by atoms with Crippen molar-refractivity contribution in [1.82, 2.24) is 0 Å². The fraction of sp³-hybridized carbons (Fsp3) is 0.333. The van der Waals surface area contributed by atoms with Crippen molar-refractivity contribution in [2.75, 3.05) is 0 Å². The Morgan fingerprint density at radius 1 is 1.36 bits per heavy atom. The van der Waals surface area contributed by atoms with Crippen molar-refractivity contribution in [2.24, 2.45) is 0 Å². The lowest BCUT2D eigenvalue weighted by molar-refractivity contribution is 0.307. The molecule has 1 aromatic carbocycles. The summed E-state index contributed by atoms with van der Waals surface area (Å²) in [5.41, 5.74) is 3.66. The Bertz CT molecular complexity index is 374. The molecule has 0 saturated carbocycles. The minimum absolute atomic E-state index is 0.0570. The van der Waals surface area contributed by atoms with Crippen molar-refractivity contribution in [3.63, 3.8) is 0 Å². The first-order valence-electron chi connectivity index (χ1n) is 4.75. The summed E-state index contributed by atoms with van der Waals surface area (Å²) in [7, 11) is 0.743. The molecular formula is C12H16OSi. The van der Waals surface area contributed by atoms with Crippen LogP contribution in [0.15, 0.2) is 18.2 Å². The molecule has 1 aromatic rings. The van der Waals surface area contributed by atoms with E-state index in [0.717, 1.165) is 16.0 Å². The minimum atomic E-state index is 0.0570. The van der Waals surface area contributed by atoms with Gasteiger partial charge in [-0.1, -0.05) is 24.0 Å². The van der Waals surface area contributed by atoms with Gasteiger partial charge in [0.25, 0.3) is 0 Å². The van der Waals surface area contributed by atoms with Crippen LogP contribution in [0.25, 0.3) is 0 Å². The van der Waals surface area contributed by atoms with Gasteiger partial charge in [0.2, 0.25) is 0 Å². The van der Waals surface area contributed by atoms with Crippen LogP contribution < -0.4 is 0 Å². The first-order chi connectivity index (χ1) is 6.65. The highest BCUT2D eigenvalue weighted by Crippen LogP contribution is 2.11. The Morgan fingerprint density at radius 2 is 2.07 bits per heavy atom. The summed E-state index contributed by atoms with van der Waals surface area (Å²) in [6.07, 6.45) is 0.0570. The van der Waals surface area contributed by atoms with Gasteiger partial charge in [0.05, 0.1) is 0 Å². The van der Waals surface area contributed by atoms with Crippen LogP contribution >= 0.6 is 0 Å². The van der Waals surface area contributed by atoms with Crippen LogP contribution in [0.4, 0.5) is 0 Å². The predicted octanol–water partition coefficient (Wildman–Crippen LogP) is 1.34. The summed E-state index contributed by atoms with van der Waals surface area (Å²) in [4.78, 5) is 0. The van der Waals surface area contributed by atoms with Gasteiger partial charge in [-0.25, -0.2) is 0 Å². The molecule has 0 aliphatic carbocycles. The van der Waals surface area contributed by atoms with Crippen LogP contribution in [-0.4, -0.2) is 16.6 Å². The third-order valence-corrected chi connectivity index (χ3v) is 3.08. The molecule has 0 aliphatic heterocycles. The maximum absolute atomic E-state index is 5.21. The Balaban J connectivity index is 2.95. The average Bonchev–Trinajstić information content (AvgIpc) is 2.20. The Kier molecular flexibility index (Phi) is 3.93. The van der Waals surface area contributed by atoms with E-state index in [4.69, 9.17) is 4.43 Å². The lowest BCUT2D eigenvalue weighted by Crippen LogP contribution is -2.01. The SMILES string of the molecule is Cc1cccc(C#CC(C)O[SiH3])c1C. The zero-order chi connectivity index (χ0) is 10.6. The van der Waals surface area contributed by atoms with E-state index in [1.807, 2.05) is 13.0 Å². The standard InChI is InChI=1S/C12H16OSi/c1-9-5-4-6-12(11(9)3)8-7-10(2)13-14/h4-6,10H,1-3,14H3. The van der Waals surface area contributed by atoms with Crippen molar-refractivity contribution in [3.8, 4) is 11.8 Å². The van der Waals surface area contributed by atoms with E-state index >= 15 is 0 Å². The van der Waals surface area contributed by atoms with E-state index in [9.17, 15) is 0 Å². The first kappa shape index (κ1) is 11.0. The van der Waals surface area contributed by atoms with Crippen molar-refractivity contribution in [2.45, 2.75) is 26.9 Å². The third kappa shape index (κ3) is 2.73. The Hall–Kier alpha value is -1.04. The lowest BCUT2D eigenvalue weighted by atomic mass is 10.0. The molecule has 0 saturated heterocycles. The van der Waals surface area contributed by atoms with Crippen molar-refractivity contribution in [1.29, 1.82) is 0 Å². The Morgan fingerprint density at radius 3 is 2.71 bits per heavy atom. The molecule has 2 heteroatoms. The van der Waals surface area contributed by atoms with Crippen LogP contribution in [0.3, 0.4) is 0 Å². The molecule has 14 heavy (non-hydrogen) atoms.